The highest BCUT2D eigenvalue weighted by Gasteiger charge is 2.38. The number of piperazine rings is 1. The molecule has 1 atom stereocenters. The summed E-state index contributed by atoms with van der Waals surface area (Å²) in [6, 6.07) is 12.3. The number of allylic oxidation sites excluding steroid dienone is 1. The summed E-state index contributed by atoms with van der Waals surface area (Å²) in [5, 5.41) is 3.95. The molecule has 20 nitrogen and oxygen atoms in total. The van der Waals surface area contributed by atoms with Crippen molar-refractivity contribution in [2.75, 3.05) is 208 Å². The maximum atomic E-state index is 11.3. The van der Waals surface area contributed by atoms with E-state index in [9.17, 15) is 19.2 Å². The van der Waals surface area contributed by atoms with E-state index in [2.05, 4.69) is 208 Å². The number of nitrogens with zero attached hydrogens (tertiary/aromatic N) is 13. The number of hydrogen-bond acceptors (Lipinski definition) is 19. The van der Waals surface area contributed by atoms with Crippen LogP contribution in [0.4, 0.5) is 5.69 Å². The Morgan fingerprint density at radius 2 is 1.01 bits per heavy atom. The van der Waals surface area contributed by atoms with E-state index < -0.39 is 5.79 Å². The number of aromatic nitrogens is 4. The van der Waals surface area contributed by atoms with Gasteiger partial charge in [-0.25, -0.2) is 4.98 Å². The third-order valence-corrected chi connectivity index (χ3v) is 24.0. The van der Waals surface area contributed by atoms with Gasteiger partial charge in [-0.3, -0.25) is 28.8 Å². The number of Topliss-reactive ketones (excluding diaryl/α,β-unsaturated/α-hetero) is 3. The van der Waals surface area contributed by atoms with Gasteiger partial charge in [-0.2, -0.15) is 16.9 Å². The SMILES string of the molecule is CC.CC(=O)C1(C)CCC(C)(C)CC1.CC(=O)C1COC(C)(C)O1.CC(=O)C=C1CCN(C)CC1.CC1CCC(=O)CC1.CC1CCN(C)CC1.CCN(C)c1ccccc1.CCN1CCCC1.CCN1CCCCC1.CCN1CCN(C)CC1.CCN1CCOCC1.CCN1CCSCC1.CCn1cccn1.CCn1ccnc1. The summed E-state index contributed by atoms with van der Waals surface area (Å²) in [4.78, 5) is 68.9. The van der Waals surface area contributed by atoms with Gasteiger partial charge < -0.3 is 58.0 Å². The number of benzene rings is 1. The first-order valence-corrected chi connectivity index (χ1v) is 46.6. The number of thioether (sulfide) groups is 1. The predicted molar refractivity (Wildman–Crippen MR) is 492 cm³/mol. The fourth-order valence-electron chi connectivity index (χ4n) is 13.5. The van der Waals surface area contributed by atoms with E-state index in [0.717, 1.165) is 122 Å². The third kappa shape index (κ3) is 58.4. The van der Waals surface area contributed by atoms with E-state index in [0.29, 0.717) is 23.6 Å². The van der Waals surface area contributed by atoms with Crippen molar-refractivity contribution in [3.05, 3.63) is 79.2 Å². The van der Waals surface area contributed by atoms with Crippen molar-refractivity contribution < 1.29 is 33.4 Å². The van der Waals surface area contributed by atoms with Crippen molar-refractivity contribution in [2.24, 2.45) is 22.7 Å². The van der Waals surface area contributed by atoms with Crippen LogP contribution in [-0.2, 0) is 46.5 Å². The Labute approximate surface area is 711 Å². The average molecular weight is 1640 g/mol. The molecule has 2 saturated carbocycles. The van der Waals surface area contributed by atoms with Crippen molar-refractivity contribution in [1.82, 2.24) is 58.5 Å². The van der Waals surface area contributed by atoms with E-state index in [-0.39, 0.29) is 23.1 Å². The number of aryl methyl sites for hydroxylation is 2. The second-order valence-corrected chi connectivity index (χ2v) is 34.9. The molecule has 10 aliphatic rings. The Balaban J connectivity index is 0.00000123. The van der Waals surface area contributed by atoms with E-state index in [1.807, 2.05) is 47.6 Å². The minimum absolute atomic E-state index is 0.00444. The molecule has 8 saturated heterocycles. The fraction of sp³-hybridized carbons (Fsp3) is 0.809. The van der Waals surface area contributed by atoms with Gasteiger partial charge in [0, 0.05) is 152 Å². The van der Waals surface area contributed by atoms with Crippen LogP contribution >= 0.6 is 11.8 Å². The van der Waals surface area contributed by atoms with Crippen LogP contribution in [0.2, 0.25) is 0 Å². The quantitative estimate of drug-likeness (QED) is 0.157. The number of morpholine rings is 1. The van der Waals surface area contributed by atoms with Crippen LogP contribution in [-0.4, -0.2) is 297 Å². The maximum Gasteiger partial charge on any atom is 0.163 e. The fourth-order valence-corrected chi connectivity index (χ4v) is 14.5. The normalized spacial score (nSPS) is 21.1. The highest BCUT2D eigenvalue weighted by Crippen LogP contribution is 2.45. The molecule has 21 heteroatoms. The predicted octanol–water partition coefficient (Wildman–Crippen LogP) is 17.5. The molecule has 668 valence electrons. The summed E-state index contributed by atoms with van der Waals surface area (Å²) in [6.45, 7) is 72.6. The average Bonchev–Trinajstić information content (AvgIpc) is 1.59. The number of ketones is 4. The van der Waals surface area contributed by atoms with Gasteiger partial charge in [0.2, 0.25) is 0 Å². The van der Waals surface area contributed by atoms with Gasteiger partial charge in [-0.05, 0) is 280 Å². The van der Waals surface area contributed by atoms with Gasteiger partial charge in [-0.15, -0.1) is 0 Å². The Morgan fingerprint density at radius 1 is 0.539 bits per heavy atom. The van der Waals surface area contributed by atoms with Crippen LogP contribution in [0.15, 0.2) is 79.2 Å². The van der Waals surface area contributed by atoms with Gasteiger partial charge in [-0.1, -0.05) is 113 Å². The van der Waals surface area contributed by atoms with Gasteiger partial charge in [0.05, 0.1) is 26.1 Å². The van der Waals surface area contributed by atoms with Crippen LogP contribution < -0.4 is 4.90 Å². The maximum absolute atomic E-state index is 11.3. The molecule has 115 heavy (non-hydrogen) atoms. The molecule has 2 aromatic heterocycles. The monoisotopic (exact) mass is 1630 g/mol. The summed E-state index contributed by atoms with van der Waals surface area (Å²) in [5.74, 6) is 4.94. The zero-order valence-corrected chi connectivity index (χ0v) is 79.6. The van der Waals surface area contributed by atoms with Crippen molar-refractivity contribution in [2.45, 2.75) is 273 Å². The number of imidazole rings is 1. The summed E-state index contributed by atoms with van der Waals surface area (Å²) in [5.41, 5.74) is 3.06. The molecular weight excluding hydrogens is 1460 g/mol. The summed E-state index contributed by atoms with van der Waals surface area (Å²) < 4.78 is 19.5. The van der Waals surface area contributed by atoms with E-state index >= 15 is 0 Å². The van der Waals surface area contributed by atoms with Crippen LogP contribution in [0.1, 0.15) is 248 Å². The van der Waals surface area contributed by atoms with Crippen LogP contribution in [0.5, 0.6) is 0 Å². The second-order valence-electron chi connectivity index (χ2n) is 33.7. The minimum Gasteiger partial charge on any atom is -0.379 e. The lowest BCUT2D eigenvalue weighted by Gasteiger charge is -2.39. The lowest BCUT2D eigenvalue weighted by molar-refractivity contribution is -0.150. The number of para-hydroxylation sites is 1. The van der Waals surface area contributed by atoms with Gasteiger partial charge in [0.15, 0.2) is 17.4 Å². The molecule has 1 aromatic carbocycles. The van der Waals surface area contributed by atoms with Gasteiger partial charge in [0.25, 0.3) is 0 Å². The number of hydrogen-bond donors (Lipinski definition) is 0. The first kappa shape index (κ1) is 111. The van der Waals surface area contributed by atoms with E-state index in [4.69, 9.17) is 14.2 Å². The number of anilines is 1. The molecule has 13 rings (SSSR count). The molecule has 2 aliphatic carbocycles. The molecule has 0 spiro atoms. The Kier molecular flexibility index (Phi) is 65.9. The van der Waals surface area contributed by atoms with Crippen molar-refractivity contribution >= 4 is 40.6 Å². The number of ether oxygens (including phenoxy) is 3. The highest BCUT2D eigenvalue weighted by molar-refractivity contribution is 7.99. The number of likely N-dealkylation sites (tertiary alicyclic amines) is 4. The Bertz CT molecular complexity index is 2660. The molecule has 10 heterocycles. The number of carbonyl (C=O) groups excluding carboxylic acids is 4. The zero-order valence-electron chi connectivity index (χ0n) is 78.8. The second kappa shape index (κ2) is 68.4. The lowest BCUT2D eigenvalue weighted by atomic mass is 9.64. The molecule has 1 unspecified atom stereocenters. The van der Waals surface area contributed by atoms with Crippen molar-refractivity contribution in [3.8, 4) is 0 Å². The van der Waals surface area contributed by atoms with Crippen molar-refractivity contribution in [3.63, 3.8) is 0 Å². The molecule has 3 aromatic rings. The first-order valence-electron chi connectivity index (χ1n) is 45.5. The van der Waals surface area contributed by atoms with Gasteiger partial charge in [0.1, 0.15) is 17.7 Å². The topological polar surface area (TPSA) is 161 Å². The number of piperidine rings is 3. The first-order chi connectivity index (χ1) is 54.9. The van der Waals surface area contributed by atoms with Crippen molar-refractivity contribution in [1.29, 1.82) is 0 Å². The number of likely N-dealkylation sites (N-methyl/N-ethyl adjacent to an activating group) is 3. The molecule has 0 N–H and O–H groups in total. The molecule has 8 aliphatic heterocycles. The van der Waals surface area contributed by atoms with Gasteiger partial charge >= 0.3 is 0 Å². The smallest absolute Gasteiger partial charge is 0.163 e. The summed E-state index contributed by atoms with van der Waals surface area (Å²) >= 11 is 2.07. The van der Waals surface area contributed by atoms with Crippen LogP contribution in [0.3, 0.4) is 0 Å². The molecule has 0 amide bonds. The molecule has 0 bridgehead atoms. The zero-order chi connectivity index (χ0) is 86.3. The highest BCUT2D eigenvalue weighted by atomic mass is 32.2. The minimum atomic E-state index is -0.573. The van der Waals surface area contributed by atoms with Crippen LogP contribution in [0, 0.1) is 22.7 Å². The number of carbonyl (C=O) groups is 4. The summed E-state index contributed by atoms with van der Waals surface area (Å²) in [6.07, 6.45) is 31.2. The largest absolute Gasteiger partial charge is 0.379 e. The van der Waals surface area contributed by atoms with E-state index in [1.165, 1.54) is 199 Å². The lowest BCUT2D eigenvalue weighted by Crippen LogP contribution is -2.44. The molecular formula is C94H179N13O7S. The Morgan fingerprint density at radius 3 is 1.36 bits per heavy atom. The summed E-state index contributed by atoms with van der Waals surface area (Å²) in [7, 11) is 8.60. The standard InChI is InChI=1S/C11H20O.C9H15NO.C9H13N.C7H16N2.2C7H15N.C7H12O3.C7H12O.C6H13NO.C6H13NS.C6H13N.2C5H8N2.C2H6/c1-9(12)11(4)7-5-10(2,3)6-8-11;1-8(11)7-9-3-5-10(2)6-4-9;1-3-10(2)9-7-5-4-6-8-9;1-3-9-6-4-8(2)5-7-9;1-7-3-5-8(2)6-4-7;1-2-8-6-4-3-5-7-8;1-5(8)6-4-9-7(2,3)10-6;1-6-2-4-7(8)5-3-6;2*1-2-7-3-5-8-6-4-7;1-2-7-5-3-4-6-7;1-2-7-4-3-6-5-7;1-2-7-5-3-4-6-7;1-2/h5-8H2,1-4H3;7H,3-6H2,1-2H3;4-8H,3H2,1-2H3;3-7H2,1-2H3;7H,3-6H2,1-2H3;2-7H2,1H3;6H,4H2,1-3H3;6H,2-5H2,1H3;2*2-6H2,1H3;2-6H2,1H3;2*3-5H,2H2,1H3;1-2H3. The Hall–Kier alpha value is -4.23. The third-order valence-electron chi connectivity index (χ3n) is 23.1. The van der Waals surface area contributed by atoms with E-state index in [1.54, 1.807) is 52.5 Å². The van der Waals surface area contributed by atoms with Crippen LogP contribution in [0.25, 0.3) is 0 Å². The number of rotatable bonds is 12. The molecule has 0 radical (unpaired) electrons. The molecule has 10 fully saturated rings.